The fourth-order valence-corrected chi connectivity index (χ4v) is 2.36. The lowest BCUT2D eigenvalue weighted by atomic mass is 10.1. The van der Waals surface area contributed by atoms with Gasteiger partial charge in [-0.05, 0) is 23.8 Å². The molecule has 0 saturated heterocycles. The van der Waals surface area contributed by atoms with Gasteiger partial charge < -0.3 is 4.57 Å². The van der Waals surface area contributed by atoms with Gasteiger partial charge in [-0.15, -0.1) is 12.6 Å². The van der Waals surface area contributed by atoms with Crippen LogP contribution in [-0.2, 0) is 13.5 Å². The van der Waals surface area contributed by atoms with Crippen molar-refractivity contribution in [3.63, 3.8) is 0 Å². The summed E-state index contributed by atoms with van der Waals surface area (Å²) in [5.41, 5.74) is 3.44. The summed E-state index contributed by atoms with van der Waals surface area (Å²) in [5.74, 6) is 1.08. The first kappa shape index (κ1) is 11.4. The van der Waals surface area contributed by atoms with Gasteiger partial charge in [-0.2, -0.15) is 0 Å². The van der Waals surface area contributed by atoms with Crippen molar-refractivity contribution >= 4 is 23.7 Å². The van der Waals surface area contributed by atoms with E-state index in [4.69, 9.17) is 0 Å². The minimum Gasteiger partial charge on any atom is -0.331 e. The monoisotopic (exact) mass is 254 g/mol. The van der Waals surface area contributed by atoms with Gasteiger partial charge >= 0.3 is 0 Å². The van der Waals surface area contributed by atoms with Gasteiger partial charge in [-0.3, -0.25) is 0 Å². The standard InChI is InChI=1S/C15H14N2S/c1-17-14-10-12(18)7-8-13(14)16-15(17)9-11-5-3-2-4-6-11/h2-8,10,18H,9H2,1H3. The first-order valence-corrected chi connectivity index (χ1v) is 6.37. The number of hydrogen-bond acceptors (Lipinski definition) is 2. The molecule has 0 spiro atoms. The smallest absolute Gasteiger partial charge is 0.114 e. The summed E-state index contributed by atoms with van der Waals surface area (Å²) in [5, 5.41) is 0. The first-order chi connectivity index (χ1) is 8.74. The second kappa shape index (κ2) is 4.50. The van der Waals surface area contributed by atoms with E-state index in [2.05, 4.69) is 59.6 Å². The fraction of sp³-hybridized carbons (Fsp3) is 0.133. The topological polar surface area (TPSA) is 17.8 Å². The van der Waals surface area contributed by atoms with Crippen molar-refractivity contribution in [1.29, 1.82) is 0 Å². The number of aromatic nitrogens is 2. The van der Waals surface area contributed by atoms with Gasteiger partial charge in [-0.1, -0.05) is 30.3 Å². The van der Waals surface area contributed by atoms with Gasteiger partial charge in [0.25, 0.3) is 0 Å². The van der Waals surface area contributed by atoms with Crippen molar-refractivity contribution in [2.75, 3.05) is 0 Å². The quantitative estimate of drug-likeness (QED) is 0.693. The van der Waals surface area contributed by atoms with Crippen LogP contribution >= 0.6 is 12.6 Å². The Hall–Kier alpha value is -1.74. The van der Waals surface area contributed by atoms with E-state index >= 15 is 0 Å². The number of imidazole rings is 1. The molecule has 3 rings (SSSR count). The molecule has 0 radical (unpaired) electrons. The Bertz CT molecular complexity index is 686. The maximum Gasteiger partial charge on any atom is 0.114 e. The molecule has 1 heterocycles. The van der Waals surface area contributed by atoms with Crippen LogP contribution in [0.2, 0.25) is 0 Å². The zero-order chi connectivity index (χ0) is 12.5. The molecule has 0 N–H and O–H groups in total. The van der Waals surface area contributed by atoms with Gasteiger partial charge in [0.2, 0.25) is 0 Å². The second-order valence-corrected chi connectivity index (χ2v) is 4.94. The predicted octanol–water partition coefficient (Wildman–Crippen LogP) is 3.45. The molecule has 0 fully saturated rings. The van der Waals surface area contributed by atoms with Crippen LogP contribution in [0.1, 0.15) is 11.4 Å². The third kappa shape index (κ3) is 2.02. The van der Waals surface area contributed by atoms with Crippen LogP contribution in [-0.4, -0.2) is 9.55 Å². The lowest BCUT2D eigenvalue weighted by molar-refractivity contribution is 0.844. The molecule has 0 aliphatic carbocycles. The molecule has 18 heavy (non-hydrogen) atoms. The third-order valence-electron chi connectivity index (χ3n) is 3.16. The minimum absolute atomic E-state index is 0.855. The van der Waals surface area contributed by atoms with E-state index in [0.29, 0.717) is 0 Å². The first-order valence-electron chi connectivity index (χ1n) is 5.92. The van der Waals surface area contributed by atoms with Gasteiger partial charge in [0, 0.05) is 18.4 Å². The van der Waals surface area contributed by atoms with Crippen molar-refractivity contribution in [2.24, 2.45) is 7.05 Å². The fourth-order valence-electron chi connectivity index (χ4n) is 2.16. The lowest BCUT2D eigenvalue weighted by Crippen LogP contribution is -1.98. The van der Waals surface area contributed by atoms with Gasteiger partial charge in [0.05, 0.1) is 11.0 Å². The normalized spacial score (nSPS) is 11.0. The molecule has 0 bridgehead atoms. The number of fused-ring (bicyclic) bond motifs is 1. The van der Waals surface area contributed by atoms with Crippen LogP contribution in [0.15, 0.2) is 53.4 Å². The molecule has 0 atom stereocenters. The predicted molar refractivity (Wildman–Crippen MR) is 77.2 cm³/mol. The molecule has 0 aliphatic rings. The van der Waals surface area contributed by atoms with E-state index in [9.17, 15) is 0 Å². The Morgan fingerprint density at radius 3 is 2.67 bits per heavy atom. The van der Waals surface area contributed by atoms with Crippen LogP contribution < -0.4 is 0 Å². The number of benzene rings is 2. The highest BCUT2D eigenvalue weighted by Crippen LogP contribution is 2.20. The number of aryl methyl sites for hydroxylation is 1. The molecule has 0 aliphatic heterocycles. The van der Waals surface area contributed by atoms with Crippen molar-refractivity contribution in [2.45, 2.75) is 11.3 Å². The molecular formula is C15H14N2S. The maximum atomic E-state index is 4.68. The molecule has 2 aromatic carbocycles. The van der Waals surface area contributed by atoms with Crippen molar-refractivity contribution in [1.82, 2.24) is 9.55 Å². The third-order valence-corrected chi connectivity index (χ3v) is 3.44. The Balaban J connectivity index is 2.05. The molecular weight excluding hydrogens is 240 g/mol. The number of nitrogens with zero attached hydrogens (tertiary/aromatic N) is 2. The Labute approximate surface area is 112 Å². The Morgan fingerprint density at radius 2 is 1.89 bits per heavy atom. The summed E-state index contributed by atoms with van der Waals surface area (Å²) in [6.07, 6.45) is 0.855. The van der Waals surface area contributed by atoms with Crippen LogP contribution in [0.5, 0.6) is 0 Å². The molecule has 3 aromatic rings. The molecule has 90 valence electrons. The number of hydrogen-bond donors (Lipinski definition) is 1. The minimum atomic E-state index is 0.855. The summed E-state index contributed by atoms with van der Waals surface area (Å²) in [6, 6.07) is 16.5. The maximum absolute atomic E-state index is 4.68. The van der Waals surface area contributed by atoms with Crippen molar-refractivity contribution in [3.8, 4) is 0 Å². The van der Waals surface area contributed by atoms with Gasteiger partial charge in [0.15, 0.2) is 0 Å². The number of rotatable bonds is 2. The molecule has 0 saturated carbocycles. The SMILES string of the molecule is Cn1c(Cc2ccccc2)nc2ccc(S)cc21. The highest BCUT2D eigenvalue weighted by molar-refractivity contribution is 7.80. The summed E-state index contributed by atoms with van der Waals surface area (Å²) < 4.78 is 2.14. The average Bonchev–Trinajstić information content (AvgIpc) is 2.68. The molecule has 1 aromatic heterocycles. The summed E-state index contributed by atoms with van der Waals surface area (Å²) >= 11 is 4.37. The zero-order valence-electron chi connectivity index (χ0n) is 10.2. The van der Waals surface area contributed by atoms with Gasteiger partial charge in [-0.25, -0.2) is 4.98 Å². The molecule has 3 heteroatoms. The van der Waals surface area contributed by atoms with Crippen LogP contribution in [0.3, 0.4) is 0 Å². The summed E-state index contributed by atoms with van der Waals surface area (Å²) in [6.45, 7) is 0. The Morgan fingerprint density at radius 1 is 1.11 bits per heavy atom. The van der Waals surface area contributed by atoms with E-state index in [1.807, 2.05) is 18.2 Å². The summed E-state index contributed by atoms with van der Waals surface area (Å²) in [4.78, 5) is 5.65. The largest absolute Gasteiger partial charge is 0.331 e. The second-order valence-electron chi connectivity index (χ2n) is 4.42. The highest BCUT2D eigenvalue weighted by Gasteiger charge is 2.08. The van der Waals surface area contributed by atoms with Crippen molar-refractivity contribution < 1.29 is 0 Å². The number of thiol groups is 1. The van der Waals surface area contributed by atoms with Gasteiger partial charge in [0.1, 0.15) is 5.82 Å². The molecule has 2 nitrogen and oxygen atoms in total. The zero-order valence-corrected chi connectivity index (χ0v) is 11.1. The lowest BCUT2D eigenvalue weighted by Gasteiger charge is -2.02. The molecule has 0 unspecified atom stereocenters. The van der Waals surface area contributed by atoms with Crippen molar-refractivity contribution in [3.05, 3.63) is 59.9 Å². The van der Waals surface area contributed by atoms with Crippen LogP contribution in [0.4, 0.5) is 0 Å². The summed E-state index contributed by atoms with van der Waals surface area (Å²) in [7, 11) is 2.06. The van der Waals surface area contributed by atoms with E-state index in [0.717, 1.165) is 28.2 Å². The van der Waals surface area contributed by atoms with E-state index in [1.54, 1.807) is 0 Å². The Kier molecular flexibility index (Phi) is 2.84. The van der Waals surface area contributed by atoms with Crippen LogP contribution in [0.25, 0.3) is 11.0 Å². The van der Waals surface area contributed by atoms with E-state index in [-0.39, 0.29) is 0 Å². The van der Waals surface area contributed by atoms with E-state index in [1.165, 1.54) is 5.56 Å². The highest BCUT2D eigenvalue weighted by atomic mass is 32.1. The van der Waals surface area contributed by atoms with Crippen LogP contribution in [0, 0.1) is 0 Å². The van der Waals surface area contributed by atoms with E-state index < -0.39 is 0 Å². The molecule has 0 amide bonds. The average molecular weight is 254 g/mol.